The molecule has 0 saturated carbocycles. The SMILES string of the molecule is O=C(c1ccccc1)C(Nc1ccc(Cl)cc1)c1ccccc1. The zero-order valence-electron chi connectivity index (χ0n) is 12.4. The van der Waals surface area contributed by atoms with Crippen LogP contribution in [0.2, 0.25) is 5.02 Å². The van der Waals surface area contributed by atoms with Crippen molar-refractivity contribution in [2.24, 2.45) is 0 Å². The maximum absolute atomic E-state index is 12.9. The van der Waals surface area contributed by atoms with E-state index in [1.165, 1.54) is 0 Å². The van der Waals surface area contributed by atoms with Crippen LogP contribution in [0.15, 0.2) is 84.9 Å². The van der Waals surface area contributed by atoms with Gasteiger partial charge in [0.15, 0.2) is 5.78 Å². The Morgan fingerprint density at radius 1 is 0.783 bits per heavy atom. The Kier molecular flexibility index (Phi) is 4.74. The smallest absolute Gasteiger partial charge is 0.189 e. The fraction of sp³-hybridized carbons (Fsp3) is 0.0500. The summed E-state index contributed by atoms with van der Waals surface area (Å²) < 4.78 is 0. The molecular formula is C20H16ClNO. The van der Waals surface area contributed by atoms with Crippen LogP contribution in [0.3, 0.4) is 0 Å². The minimum absolute atomic E-state index is 0.0340. The average molecular weight is 322 g/mol. The number of hydrogen-bond donors (Lipinski definition) is 1. The highest BCUT2D eigenvalue weighted by Crippen LogP contribution is 2.24. The summed E-state index contributed by atoms with van der Waals surface area (Å²) in [5.74, 6) is 0.0340. The fourth-order valence-electron chi connectivity index (χ4n) is 2.43. The highest BCUT2D eigenvalue weighted by molar-refractivity contribution is 6.30. The van der Waals surface area contributed by atoms with Gasteiger partial charge in [-0.15, -0.1) is 0 Å². The van der Waals surface area contributed by atoms with Gasteiger partial charge in [0.2, 0.25) is 0 Å². The molecule has 0 spiro atoms. The Morgan fingerprint density at radius 2 is 1.35 bits per heavy atom. The maximum atomic E-state index is 12.9. The predicted molar refractivity (Wildman–Crippen MR) is 95.0 cm³/mol. The molecule has 0 amide bonds. The van der Waals surface area contributed by atoms with Crippen LogP contribution in [0.1, 0.15) is 22.0 Å². The molecule has 0 aromatic heterocycles. The van der Waals surface area contributed by atoms with Crippen molar-refractivity contribution >= 4 is 23.1 Å². The van der Waals surface area contributed by atoms with Crippen molar-refractivity contribution in [2.75, 3.05) is 5.32 Å². The van der Waals surface area contributed by atoms with Crippen molar-refractivity contribution in [3.05, 3.63) is 101 Å². The summed E-state index contributed by atoms with van der Waals surface area (Å²) in [6.45, 7) is 0. The maximum Gasteiger partial charge on any atom is 0.189 e. The second-order valence-corrected chi connectivity index (χ2v) is 5.66. The molecule has 3 rings (SSSR count). The van der Waals surface area contributed by atoms with Crippen molar-refractivity contribution in [2.45, 2.75) is 6.04 Å². The van der Waals surface area contributed by atoms with Gasteiger partial charge in [-0.1, -0.05) is 72.3 Å². The quantitative estimate of drug-likeness (QED) is 0.639. The number of carbonyl (C=O) groups is 1. The zero-order chi connectivity index (χ0) is 16.1. The van der Waals surface area contributed by atoms with Crippen molar-refractivity contribution in [3.63, 3.8) is 0 Å². The van der Waals surface area contributed by atoms with Gasteiger partial charge >= 0.3 is 0 Å². The topological polar surface area (TPSA) is 29.1 Å². The first-order valence-corrected chi connectivity index (χ1v) is 7.78. The highest BCUT2D eigenvalue weighted by Gasteiger charge is 2.21. The number of nitrogens with one attached hydrogen (secondary N) is 1. The van der Waals surface area contributed by atoms with E-state index in [0.29, 0.717) is 10.6 Å². The second kappa shape index (κ2) is 7.12. The van der Waals surface area contributed by atoms with Gasteiger partial charge in [-0.3, -0.25) is 4.79 Å². The Labute approximate surface area is 140 Å². The molecule has 23 heavy (non-hydrogen) atoms. The first-order valence-electron chi connectivity index (χ1n) is 7.40. The van der Waals surface area contributed by atoms with Crippen LogP contribution in [-0.2, 0) is 0 Å². The van der Waals surface area contributed by atoms with E-state index < -0.39 is 6.04 Å². The van der Waals surface area contributed by atoms with E-state index in [1.54, 1.807) is 12.1 Å². The van der Waals surface area contributed by atoms with Crippen LogP contribution in [0, 0.1) is 0 Å². The molecule has 0 aliphatic carbocycles. The van der Waals surface area contributed by atoms with E-state index in [0.717, 1.165) is 11.3 Å². The molecule has 0 fully saturated rings. The van der Waals surface area contributed by atoms with Gasteiger partial charge in [-0.2, -0.15) is 0 Å². The molecule has 0 aliphatic heterocycles. The van der Waals surface area contributed by atoms with Crippen molar-refractivity contribution < 1.29 is 4.79 Å². The van der Waals surface area contributed by atoms with Crippen LogP contribution in [0.5, 0.6) is 0 Å². The van der Waals surface area contributed by atoms with E-state index in [9.17, 15) is 4.79 Å². The zero-order valence-corrected chi connectivity index (χ0v) is 13.2. The molecule has 1 unspecified atom stereocenters. The Balaban J connectivity index is 1.94. The minimum atomic E-state index is -0.445. The molecule has 114 valence electrons. The molecule has 0 heterocycles. The molecule has 2 nitrogen and oxygen atoms in total. The fourth-order valence-corrected chi connectivity index (χ4v) is 2.55. The Bertz CT molecular complexity index is 770. The highest BCUT2D eigenvalue weighted by atomic mass is 35.5. The molecule has 3 aromatic rings. The number of Topliss-reactive ketones (excluding diaryl/α,β-unsaturated/α-hetero) is 1. The van der Waals surface area contributed by atoms with Crippen LogP contribution < -0.4 is 5.32 Å². The van der Waals surface area contributed by atoms with Crippen molar-refractivity contribution in [1.29, 1.82) is 0 Å². The van der Waals surface area contributed by atoms with Crippen LogP contribution in [0.25, 0.3) is 0 Å². The van der Waals surface area contributed by atoms with Crippen LogP contribution >= 0.6 is 11.6 Å². The van der Waals surface area contributed by atoms with Crippen molar-refractivity contribution in [1.82, 2.24) is 0 Å². The first kappa shape index (κ1) is 15.3. The van der Waals surface area contributed by atoms with E-state index in [1.807, 2.05) is 72.8 Å². The number of rotatable bonds is 5. The van der Waals surface area contributed by atoms with Gasteiger partial charge in [0, 0.05) is 16.3 Å². The Hall–Kier alpha value is -2.58. The van der Waals surface area contributed by atoms with Gasteiger partial charge in [-0.25, -0.2) is 0 Å². The van der Waals surface area contributed by atoms with Crippen LogP contribution in [-0.4, -0.2) is 5.78 Å². The summed E-state index contributed by atoms with van der Waals surface area (Å²) in [4.78, 5) is 12.9. The van der Waals surface area contributed by atoms with Crippen molar-refractivity contribution in [3.8, 4) is 0 Å². The van der Waals surface area contributed by atoms with Gasteiger partial charge in [0.25, 0.3) is 0 Å². The van der Waals surface area contributed by atoms with E-state index in [-0.39, 0.29) is 5.78 Å². The lowest BCUT2D eigenvalue weighted by Gasteiger charge is -2.19. The molecule has 0 radical (unpaired) electrons. The Morgan fingerprint density at radius 3 is 1.96 bits per heavy atom. The minimum Gasteiger partial charge on any atom is -0.371 e. The van der Waals surface area contributed by atoms with Gasteiger partial charge in [0.05, 0.1) is 0 Å². The third-order valence-electron chi connectivity index (χ3n) is 3.61. The number of hydrogen-bond acceptors (Lipinski definition) is 2. The van der Waals surface area contributed by atoms with E-state index in [2.05, 4.69) is 5.32 Å². The molecular weight excluding hydrogens is 306 g/mol. The number of anilines is 1. The summed E-state index contributed by atoms with van der Waals surface area (Å²) in [5.41, 5.74) is 2.46. The first-order chi connectivity index (χ1) is 11.2. The predicted octanol–water partition coefficient (Wildman–Crippen LogP) is 5.38. The van der Waals surface area contributed by atoms with E-state index >= 15 is 0 Å². The van der Waals surface area contributed by atoms with E-state index in [4.69, 9.17) is 11.6 Å². The lowest BCUT2D eigenvalue weighted by Crippen LogP contribution is -2.21. The monoisotopic (exact) mass is 321 g/mol. The molecule has 3 aromatic carbocycles. The molecule has 0 bridgehead atoms. The number of halogens is 1. The molecule has 0 saturated heterocycles. The second-order valence-electron chi connectivity index (χ2n) is 5.23. The average Bonchev–Trinajstić information content (AvgIpc) is 2.62. The van der Waals surface area contributed by atoms with Gasteiger partial charge < -0.3 is 5.32 Å². The summed E-state index contributed by atoms with van der Waals surface area (Å²) in [6, 6.07) is 25.9. The normalized spacial score (nSPS) is 11.7. The summed E-state index contributed by atoms with van der Waals surface area (Å²) in [5, 5.41) is 3.98. The van der Waals surface area contributed by atoms with Gasteiger partial charge in [0.1, 0.15) is 6.04 Å². The molecule has 3 heteroatoms. The largest absolute Gasteiger partial charge is 0.371 e. The lowest BCUT2D eigenvalue weighted by molar-refractivity contribution is 0.0969. The third kappa shape index (κ3) is 3.79. The molecule has 1 atom stereocenters. The van der Waals surface area contributed by atoms with Crippen LogP contribution in [0.4, 0.5) is 5.69 Å². The lowest BCUT2D eigenvalue weighted by atomic mass is 9.97. The number of ketones is 1. The molecule has 0 aliphatic rings. The summed E-state index contributed by atoms with van der Waals surface area (Å²) in [7, 11) is 0. The molecule has 1 N–H and O–H groups in total. The van der Waals surface area contributed by atoms with Gasteiger partial charge in [-0.05, 0) is 29.8 Å². The summed E-state index contributed by atoms with van der Waals surface area (Å²) >= 11 is 5.93. The summed E-state index contributed by atoms with van der Waals surface area (Å²) in [6.07, 6.45) is 0. The number of carbonyl (C=O) groups excluding carboxylic acids is 1. The standard InChI is InChI=1S/C20H16ClNO/c21-17-11-13-18(14-12-17)22-19(15-7-3-1-4-8-15)20(23)16-9-5-2-6-10-16/h1-14,19,22H. The number of benzene rings is 3. The third-order valence-corrected chi connectivity index (χ3v) is 3.86.